The third-order valence-electron chi connectivity index (χ3n) is 3.27. The number of nitrogens with two attached hydrogens (primary N) is 1. The molecule has 2 heterocycles. The molecule has 1 unspecified atom stereocenters. The standard InChI is InChI=1S/C12H21N3S/c1-2-10-9-16-12(14-10)15-8-4-3-5-11(15)6-7-13/h9,11H,2-8,13H2,1H3. The van der Waals surface area contributed by atoms with E-state index in [-0.39, 0.29) is 0 Å². The van der Waals surface area contributed by atoms with Gasteiger partial charge in [-0.3, -0.25) is 0 Å². The van der Waals surface area contributed by atoms with Crippen molar-refractivity contribution in [1.82, 2.24) is 4.98 Å². The Kier molecular flexibility index (Phi) is 4.18. The summed E-state index contributed by atoms with van der Waals surface area (Å²) < 4.78 is 0. The molecule has 1 fully saturated rings. The Labute approximate surface area is 102 Å². The first-order valence-electron chi connectivity index (χ1n) is 6.26. The molecule has 2 N–H and O–H groups in total. The fourth-order valence-electron chi connectivity index (χ4n) is 2.34. The largest absolute Gasteiger partial charge is 0.345 e. The van der Waals surface area contributed by atoms with E-state index in [2.05, 4.69) is 22.2 Å². The van der Waals surface area contributed by atoms with Crippen molar-refractivity contribution in [2.45, 2.75) is 45.1 Å². The molecule has 3 nitrogen and oxygen atoms in total. The maximum atomic E-state index is 5.69. The molecule has 90 valence electrons. The summed E-state index contributed by atoms with van der Waals surface area (Å²) in [6, 6.07) is 0.620. The summed E-state index contributed by atoms with van der Waals surface area (Å²) in [6.45, 7) is 4.10. The van der Waals surface area contributed by atoms with Gasteiger partial charge in [0, 0.05) is 18.0 Å². The average Bonchev–Trinajstić information content (AvgIpc) is 2.79. The van der Waals surface area contributed by atoms with E-state index < -0.39 is 0 Å². The Balaban J connectivity index is 2.09. The zero-order chi connectivity index (χ0) is 11.4. The number of aryl methyl sites for hydroxylation is 1. The van der Waals surface area contributed by atoms with Gasteiger partial charge in [-0.25, -0.2) is 4.98 Å². The van der Waals surface area contributed by atoms with Gasteiger partial charge in [-0.05, 0) is 38.6 Å². The first-order chi connectivity index (χ1) is 7.85. The maximum absolute atomic E-state index is 5.69. The smallest absolute Gasteiger partial charge is 0.185 e. The molecule has 1 saturated heterocycles. The Morgan fingerprint density at radius 2 is 2.44 bits per heavy atom. The van der Waals surface area contributed by atoms with E-state index in [4.69, 9.17) is 5.73 Å². The minimum absolute atomic E-state index is 0.620. The minimum atomic E-state index is 0.620. The highest BCUT2D eigenvalue weighted by Crippen LogP contribution is 2.29. The molecule has 4 heteroatoms. The lowest BCUT2D eigenvalue weighted by atomic mass is 10.0. The number of aromatic nitrogens is 1. The van der Waals surface area contributed by atoms with Crippen molar-refractivity contribution in [3.63, 3.8) is 0 Å². The van der Waals surface area contributed by atoms with Gasteiger partial charge in [-0.15, -0.1) is 11.3 Å². The van der Waals surface area contributed by atoms with Crippen molar-refractivity contribution in [3.05, 3.63) is 11.1 Å². The van der Waals surface area contributed by atoms with E-state index in [1.165, 1.54) is 30.1 Å². The SMILES string of the molecule is CCc1csc(N2CCCCC2CCN)n1. The number of hydrogen-bond donors (Lipinski definition) is 1. The summed E-state index contributed by atoms with van der Waals surface area (Å²) in [5.41, 5.74) is 6.91. The molecule has 0 saturated carbocycles. The predicted molar refractivity (Wildman–Crippen MR) is 70.1 cm³/mol. The van der Waals surface area contributed by atoms with Crippen LogP contribution in [0.2, 0.25) is 0 Å². The molecule has 0 bridgehead atoms. The lowest BCUT2D eigenvalue weighted by Gasteiger charge is -2.35. The van der Waals surface area contributed by atoms with Crippen LogP contribution in [0.15, 0.2) is 5.38 Å². The van der Waals surface area contributed by atoms with Crippen molar-refractivity contribution in [1.29, 1.82) is 0 Å². The second kappa shape index (κ2) is 5.64. The highest BCUT2D eigenvalue weighted by atomic mass is 32.1. The van der Waals surface area contributed by atoms with Crippen LogP contribution in [0.5, 0.6) is 0 Å². The molecular weight excluding hydrogens is 218 g/mol. The molecule has 16 heavy (non-hydrogen) atoms. The Hall–Kier alpha value is -0.610. The molecule has 1 aromatic rings. The molecule has 0 radical (unpaired) electrons. The third kappa shape index (κ3) is 2.55. The number of piperidine rings is 1. The number of thiazole rings is 1. The lowest BCUT2D eigenvalue weighted by molar-refractivity contribution is 0.441. The van der Waals surface area contributed by atoms with Gasteiger partial charge in [0.25, 0.3) is 0 Å². The van der Waals surface area contributed by atoms with Crippen LogP contribution in [0.3, 0.4) is 0 Å². The number of hydrogen-bond acceptors (Lipinski definition) is 4. The number of anilines is 1. The first-order valence-corrected chi connectivity index (χ1v) is 7.14. The average molecular weight is 239 g/mol. The van der Waals surface area contributed by atoms with Crippen molar-refractivity contribution < 1.29 is 0 Å². The minimum Gasteiger partial charge on any atom is -0.345 e. The molecule has 0 amide bonds. The third-order valence-corrected chi connectivity index (χ3v) is 4.20. The first kappa shape index (κ1) is 11.9. The van der Waals surface area contributed by atoms with Crippen molar-refractivity contribution in [3.8, 4) is 0 Å². The molecule has 1 atom stereocenters. The molecule has 1 aliphatic heterocycles. The quantitative estimate of drug-likeness (QED) is 0.877. The van der Waals surface area contributed by atoms with E-state index in [1.807, 2.05) is 0 Å². The normalized spacial score (nSPS) is 21.4. The summed E-state index contributed by atoms with van der Waals surface area (Å²) in [5, 5.41) is 3.39. The highest BCUT2D eigenvalue weighted by molar-refractivity contribution is 7.13. The van der Waals surface area contributed by atoms with Gasteiger partial charge in [-0.1, -0.05) is 6.92 Å². The van der Waals surface area contributed by atoms with Gasteiger partial charge < -0.3 is 10.6 Å². The number of rotatable bonds is 4. The van der Waals surface area contributed by atoms with E-state index in [0.717, 1.165) is 25.9 Å². The van der Waals surface area contributed by atoms with E-state index in [1.54, 1.807) is 11.3 Å². The Morgan fingerprint density at radius 1 is 1.56 bits per heavy atom. The van der Waals surface area contributed by atoms with Crippen LogP contribution >= 0.6 is 11.3 Å². The van der Waals surface area contributed by atoms with Gasteiger partial charge in [-0.2, -0.15) is 0 Å². The molecule has 2 rings (SSSR count). The summed E-state index contributed by atoms with van der Waals surface area (Å²) in [4.78, 5) is 7.16. The summed E-state index contributed by atoms with van der Waals surface area (Å²) in [6.07, 6.45) is 6.04. The van der Waals surface area contributed by atoms with Crippen LogP contribution in [-0.2, 0) is 6.42 Å². The van der Waals surface area contributed by atoms with Crippen LogP contribution in [0.4, 0.5) is 5.13 Å². The second-order valence-electron chi connectivity index (χ2n) is 4.40. The van der Waals surface area contributed by atoms with E-state index in [9.17, 15) is 0 Å². The van der Waals surface area contributed by atoms with Crippen molar-refractivity contribution in [2.24, 2.45) is 5.73 Å². The van der Waals surface area contributed by atoms with E-state index >= 15 is 0 Å². The molecule has 1 aromatic heterocycles. The van der Waals surface area contributed by atoms with Gasteiger partial charge in [0.2, 0.25) is 0 Å². The van der Waals surface area contributed by atoms with Crippen molar-refractivity contribution in [2.75, 3.05) is 18.0 Å². The molecule has 0 aromatic carbocycles. The Bertz CT molecular complexity index is 322. The van der Waals surface area contributed by atoms with Crippen LogP contribution in [0, 0.1) is 0 Å². The highest BCUT2D eigenvalue weighted by Gasteiger charge is 2.23. The van der Waals surface area contributed by atoms with Crippen LogP contribution in [0.1, 0.15) is 38.3 Å². The summed E-state index contributed by atoms with van der Waals surface area (Å²) >= 11 is 1.78. The number of nitrogens with zero attached hydrogens (tertiary/aromatic N) is 2. The van der Waals surface area contributed by atoms with Gasteiger partial charge in [0.1, 0.15) is 0 Å². The van der Waals surface area contributed by atoms with Crippen LogP contribution in [-0.4, -0.2) is 24.1 Å². The summed E-state index contributed by atoms with van der Waals surface area (Å²) in [5.74, 6) is 0. The molecular formula is C12H21N3S. The molecule has 1 aliphatic rings. The summed E-state index contributed by atoms with van der Waals surface area (Å²) in [7, 11) is 0. The fraction of sp³-hybridized carbons (Fsp3) is 0.750. The molecule has 0 aliphatic carbocycles. The van der Waals surface area contributed by atoms with Gasteiger partial charge in [0.05, 0.1) is 5.69 Å². The predicted octanol–water partition coefficient (Wildman–Crippen LogP) is 2.41. The van der Waals surface area contributed by atoms with Gasteiger partial charge in [0.15, 0.2) is 5.13 Å². The molecule has 0 spiro atoms. The lowest BCUT2D eigenvalue weighted by Crippen LogP contribution is -2.40. The maximum Gasteiger partial charge on any atom is 0.185 e. The second-order valence-corrected chi connectivity index (χ2v) is 5.23. The topological polar surface area (TPSA) is 42.1 Å². The Morgan fingerprint density at radius 3 is 3.12 bits per heavy atom. The zero-order valence-electron chi connectivity index (χ0n) is 9.98. The zero-order valence-corrected chi connectivity index (χ0v) is 10.8. The fourth-order valence-corrected chi connectivity index (χ4v) is 3.34. The van der Waals surface area contributed by atoms with Crippen molar-refractivity contribution >= 4 is 16.5 Å². The van der Waals surface area contributed by atoms with E-state index in [0.29, 0.717) is 6.04 Å². The van der Waals surface area contributed by atoms with Gasteiger partial charge >= 0.3 is 0 Å². The monoisotopic (exact) mass is 239 g/mol. The van der Waals surface area contributed by atoms with Crippen LogP contribution in [0.25, 0.3) is 0 Å². The van der Waals surface area contributed by atoms with Crippen LogP contribution < -0.4 is 10.6 Å².